The van der Waals surface area contributed by atoms with Crippen molar-refractivity contribution in [3.8, 4) is 0 Å². The second-order valence-corrected chi connectivity index (χ2v) is 6.18. The molecule has 1 aromatic heterocycles. The van der Waals surface area contributed by atoms with Gasteiger partial charge in [-0.1, -0.05) is 33.6 Å². The Morgan fingerprint density at radius 3 is 2.80 bits per heavy atom. The summed E-state index contributed by atoms with van der Waals surface area (Å²) in [5, 5.41) is 3.06. The third kappa shape index (κ3) is 3.39. The Bertz CT molecular complexity index is 456. The molecule has 2 rings (SSSR count). The summed E-state index contributed by atoms with van der Waals surface area (Å²) in [6.07, 6.45) is 6.05. The second kappa shape index (κ2) is 6.39. The van der Waals surface area contributed by atoms with E-state index in [0.717, 1.165) is 6.42 Å². The summed E-state index contributed by atoms with van der Waals surface area (Å²) in [6, 6.07) is -0.0275. The minimum atomic E-state index is -0.273. The molecule has 3 N–H and O–H groups in total. The zero-order valence-electron chi connectivity index (χ0n) is 12.6. The lowest BCUT2D eigenvalue weighted by atomic mass is 9.86. The average Bonchev–Trinajstić information content (AvgIpc) is 2.90. The Hall–Kier alpha value is -1.36. The number of oxazole rings is 1. The number of hydrogen-bond donors (Lipinski definition) is 2. The van der Waals surface area contributed by atoms with Gasteiger partial charge in [0.05, 0.1) is 6.04 Å². The zero-order chi connectivity index (χ0) is 14.7. The molecule has 1 aliphatic carbocycles. The predicted octanol–water partition coefficient (Wildman–Crippen LogP) is 2.64. The van der Waals surface area contributed by atoms with E-state index in [0.29, 0.717) is 17.5 Å². The summed E-state index contributed by atoms with van der Waals surface area (Å²) in [5.41, 5.74) is 6.30. The van der Waals surface area contributed by atoms with Crippen LogP contribution >= 0.6 is 0 Å². The number of aromatic nitrogens is 1. The number of nitrogens with one attached hydrogen (secondary N) is 1. The lowest BCUT2D eigenvalue weighted by Crippen LogP contribution is -2.41. The monoisotopic (exact) mass is 279 g/mol. The van der Waals surface area contributed by atoms with Gasteiger partial charge < -0.3 is 15.5 Å². The highest BCUT2D eigenvalue weighted by Crippen LogP contribution is 2.24. The molecule has 0 bridgehead atoms. The lowest BCUT2D eigenvalue weighted by molar-refractivity contribution is 0.0905. The highest BCUT2D eigenvalue weighted by molar-refractivity contribution is 5.92. The first-order chi connectivity index (χ1) is 9.49. The number of hydrogen-bond acceptors (Lipinski definition) is 4. The minimum Gasteiger partial charge on any atom is -0.446 e. The topological polar surface area (TPSA) is 81.1 Å². The quantitative estimate of drug-likeness (QED) is 0.887. The van der Waals surface area contributed by atoms with Crippen molar-refractivity contribution in [3.05, 3.63) is 17.8 Å². The van der Waals surface area contributed by atoms with E-state index in [2.05, 4.69) is 17.2 Å². The van der Waals surface area contributed by atoms with Crippen LogP contribution in [-0.2, 0) is 0 Å². The van der Waals surface area contributed by atoms with Gasteiger partial charge in [-0.05, 0) is 24.7 Å². The van der Waals surface area contributed by atoms with Crippen LogP contribution in [0.25, 0.3) is 0 Å². The van der Waals surface area contributed by atoms with Gasteiger partial charge in [-0.3, -0.25) is 4.79 Å². The molecule has 1 aliphatic rings. The van der Waals surface area contributed by atoms with Gasteiger partial charge >= 0.3 is 0 Å². The molecule has 5 nitrogen and oxygen atoms in total. The van der Waals surface area contributed by atoms with Gasteiger partial charge in [-0.15, -0.1) is 0 Å². The molecular formula is C15H25N3O2. The standard InChI is InChI=1S/C15H25N3O2/c1-9(2)13(16)15-18-12(8-20-15)14(19)17-11-7-5-4-6-10(11)3/h8-11,13H,4-7,16H2,1-3H3,(H,17,19). The van der Waals surface area contributed by atoms with Crippen LogP contribution in [0, 0.1) is 11.8 Å². The summed E-state index contributed by atoms with van der Waals surface area (Å²) in [5.74, 6) is 1.02. The normalized spacial score (nSPS) is 24.6. The predicted molar refractivity (Wildman–Crippen MR) is 77.2 cm³/mol. The lowest BCUT2D eigenvalue weighted by Gasteiger charge is -2.29. The average molecular weight is 279 g/mol. The molecule has 0 radical (unpaired) electrons. The van der Waals surface area contributed by atoms with Crippen LogP contribution in [-0.4, -0.2) is 16.9 Å². The van der Waals surface area contributed by atoms with E-state index in [1.807, 2.05) is 13.8 Å². The van der Waals surface area contributed by atoms with Crippen molar-refractivity contribution >= 4 is 5.91 Å². The molecule has 1 aromatic rings. The first-order valence-corrected chi connectivity index (χ1v) is 7.51. The number of carbonyl (C=O) groups excluding carboxylic acids is 1. The maximum atomic E-state index is 12.2. The van der Waals surface area contributed by atoms with Crippen LogP contribution in [0.5, 0.6) is 0 Å². The molecule has 3 atom stereocenters. The van der Waals surface area contributed by atoms with Crippen LogP contribution in [0.1, 0.15) is 68.9 Å². The molecule has 1 fully saturated rings. The van der Waals surface area contributed by atoms with Crippen molar-refractivity contribution in [1.82, 2.24) is 10.3 Å². The van der Waals surface area contributed by atoms with Crippen LogP contribution in [0.2, 0.25) is 0 Å². The van der Waals surface area contributed by atoms with Gasteiger partial charge in [0, 0.05) is 6.04 Å². The number of nitrogens with two attached hydrogens (primary N) is 1. The van der Waals surface area contributed by atoms with E-state index >= 15 is 0 Å². The van der Waals surface area contributed by atoms with Gasteiger partial charge in [-0.2, -0.15) is 0 Å². The van der Waals surface area contributed by atoms with Gasteiger partial charge in [0.25, 0.3) is 5.91 Å². The molecule has 0 saturated heterocycles. The van der Waals surface area contributed by atoms with Crippen molar-refractivity contribution in [3.63, 3.8) is 0 Å². The molecule has 1 heterocycles. The molecule has 0 aliphatic heterocycles. The third-order valence-electron chi connectivity index (χ3n) is 4.19. The van der Waals surface area contributed by atoms with Crippen molar-refractivity contribution in [1.29, 1.82) is 0 Å². The van der Waals surface area contributed by atoms with Crippen molar-refractivity contribution in [2.45, 2.75) is 58.5 Å². The molecule has 5 heteroatoms. The fourth-order valence-corrected chi connectivity index (χ4v) is 2.60. The van der Waals surface area contributed by atoms with Gasteiger partial charge in [-0.25, -0.2) is 4.98 Å². The van der Waals surface area contributed by atoms with Crippen LogP contribution in [0.4, 0.5) is 0 Å². The molecule has 1 amide bonds. The smallest absolute Gasteiger partial charge is 0.273 e. The Morgan fingerprint density at radius 2 is 2.15 bits per heavy atom. The Balaban J connectivity index is 1.99. The Kier molecular flexibility index (Phi) is 4.81. The maximum Gasteiger partial charge on any atom is 0.273 e. The van der Waals surface area contributed by atoms with Crippen LogP contribution in [0.3, 0.4) is 0 Å². The van der Waals surface area contributed by atoms with Gasteiger partial charge in [0.1, 0.15) is 6.26 Å². The molecular weight excluding hydrogens is 254 g/mol. The first-order valence-electron chi connectivity index (χ1n) is 7.51. The van der Waals surface area contributed by atoms with E-state index in [1.165, 1.54) is 25.5 Å². The summed E-state index contributed by atoms with van der Waals surface area (Å²) in [4.78, 5) is 16.4. The summed E-state index contributed by atoms with van der Waals surface area (Å²) in [7, 11) is 0. The van der Waals surface area contributed by atoms with Crippen molar-refractivity contribution < 1.29 is 9.21 Å². The highest BCUT2D eigenvalue weighted by Gasteiger charge is 2.25. The largest absolute Gasteiger partial charge is 0.446 e. The van der Waals surface area contributed by atoms with Gasteiger partial charge in [0.2, 0.25) is 5.89 Å². The first kappa shape index (κ1) is 15.0. The van der Waals surface area contributed by atoms with Crippen LogP contribution < -0.4 is 11.1 Å². The van der Waals surface area contributed by atoms with E-state index in [4.69, 9.17) is 10.2 Å². The maximum absolute atomic E-state index is 12.2. The van der Waals surface area contributed by atoms with E-state index in [1.54, 1.807) is 0 Å². The molecule has 0 spiro atoms. The van der Waals surface area contributed by atoms with Crippen molar-refractivity contribution in [2.24, 2.45) is 17.6 Å². The van der Waals surface area contributed by atoms with E-state index < -0.39 is 0 Å². The van der Waals surface area contributed by atoms with E-state index in [9.17, 15) is 4.79 Å². The number of nitrogens with zero attached hydrogens (tertiary/aromatic N) is 1. The molecule has 20 heavy (non-hydrogen) atoms. The number of amides is 1. The van der Waals surface area contributed by atoms with Gasteiger partial charge in [0.15, 0.2) is 5.69 Å². The van der Waals surface area contributed by atoms with Crippen molar-refractivity contribution in [2.75, 3.05) is 0 Å². The summed E-state index contributed by atoms with van der Waals surface area (Å²) >= 11 is 0. The highest BCUT2D eigenvalue weighted by atomic mass is 16.3. The molecule has 3 unspecified atom stereocenters. The molecule has 1 saturated carbocycles. The summed E-state index contributed by atoms with van der Waals surface area (Å²) in [6.45, 7) is 6.18. The molecule has 112 valence electrons. The summed E-state index contributed by atoms with van der Waals surface area (Å²) < 4.78 is 5.33. The number of rotatable bonds is 4. The van der Waals surface area contributed by atoms with Crippen LogP contribution in [0.15, 0.2) is 10.7 Å². The Labute approximate surface area is 120 Å². The SMILES string of the molecule is CC(C)C(N)c1nc(C(=O)NC2CCCCC2C)co1. The minimum absolute atomic E-state index is 0.158. The fraction of sp³-hybridized carbons (Fsp3) is 0.733. The zero-order valence-corrected chi connectivity index (χ0v) is 12.6. The fourth-order valence-electron chi connectivity index (χ4n) is 2.60. The molecule has 0 aromatic carbocycles. The Morgan fingerprint density at radius 1 is 1.45 bits per heavy atom. The third-order valence-corrected chi connectivity index (χ3v) is 4.19. The van der Waals surface area contributed by atoms with E-state index in [-0.39, 0.29) is 23.9 Å². The second-order valence-electron chi connectivity index (χ2n) is 6.18. The number of carbonyl (C=O) groups is 1.